The molecule has 2 aliphatic rings. The number of ether oxygens (including phenoxy) is 1. The number of aromatic amines is 1. The molecule has 2 aromatic heterocycles. The van der Waals surface area contributed by atoms with Gasteiger partial charge in [-0.3, -0.25) is 14.7 Å². The van der Waals surface area contributed by atoms with Crippen LogP contribution in [0, 0.1) is 5.92 Å². The predicted octanol–water partition coefficient (Wildman–Crippen LogP) is 3.32. The quantitative estimate of drug-likeness (QED) is 0.709. The molecule has 4 heterocycles. The van der Waals surface area contributed by atoms with Gasteiger partial charge in [0.2, 0.25) is 0 Å². The van der Waals surface area contributed by atoms with Crippen LogP contribution >= 0.6 is 0 Å². The lowest BCUT2D eigenvalue weighted by molar-refractivity contribution is -0.0770. The number of para-hydroxylation sites is 1. The van der Waals surface area contributed by atoms with Crippen molar-refractivity contribution in [2.75, 3.05) is 33.3 Å². The van der Waals surface area contributed by atoms with Crippen LogP contribution < -0.4 is 0 Å². The zero-order chi connectivity index (χ0) is 20.6. The van der Waals surface area contributed by atoms with E-state index in [1.807, 2.05) is 53.4 Å². The molecule has 1 N–H and O–H groups in total. The first-order chi connectivity index (χ1) is 14.6. The standard InChI is InChI=1S/C24H28N4O2/c1-27-11-9-18(14-30-15-20-7-4-5-10-25-20)13-24(27)16-28(17-24)23(29)22-12-19-6-2-3-8-21(19)26-22/h2-8,10,12,18,26H,9,11,13-17H2,1H3. The molecule has 1 unspecified atom stereocenters. The summed E-state index contributed by atoms with van der Waals surface area (Å²) in [7, 11) is 2.19. The van der Waals surface area contributed by atoms with E-state index in [9.17, 15) is 4.79 Å². The van der Waals surface area contributed by atoms with E-state index in [0.717, 1.165) is 55.7 Å². The fourth-order valence-corrected chi connectivity index (χ4v) is 4.90. The van der Waals surface area contributed by atoms with E-state index in [1.165, 1.54) is 0 Å². The van der Waals surface area contributed by atoms with Crippen LogP contribution in [0.1, 0.15) is 29.0 Å². The summed E-state index contributed by atoms with van der Waals surface area (Å²) in [6.45, 7) is 3.93. The highest BCUT2D eigenvalue weighted by molar-refractivity contribution is 5.98. The van der Waals surface area contributed by atoms with Crippen LogP contribution in [0.25, 0.3) is 10.9 Å². The first kappa shape index (κ1) is 19.3. The summed E-state index contributed by atoms with van der Waals surface area (Å²) in [4.78, 5) is 25.0. The Labute approximate surface area is 176 Å². The third-order valence-electron chi connectivity index (χ3n) is 6.70. The second-order valence-corrected chi connectivity index (χ2v) is 8.77. The average molecular weight is 405 g/mol. The minimum atomic E-state index is 0.0823. The van der Waals surface area contributed by atoms with Gasteiger partial charge in [0.05, 0.1) is 24.4 Å². The molecule has 5 rings (SSSR count). The molecule has 1 spiro atoms. The van der Waals surface area contributed by atoms with Gasteiger partial charge in [-0.1, -0.05) is 24.3 Å². The van der Waals surface area contributed by atoms with Crippen molar-refractivity contribution in [1.29, 1.82) is 0 Å². The number of rotatable bonds is 5. The normalized spacial score (nSPS) is 21.1. The van der Waals surface area contributed by atoms with Crippen molar-refractivity contribution in [3.05, 3.63) is 66.1 Å². The van der Waals surface area contributed by atoms with Crippen LogP contribution in [0.2, 0.25) is 0 Å². The lowest BCUT2D eigenvalue weighted by Gasteiger charge is -2.58. The minimum absolute atomic E-state index is 0.0823. The molecule has 0 aliphatic carbocycles. The van der Waals surface area contributed by atoms with Crippen LogP contribution in [-0.2, 0) is 11.3 Å². The number of nitrogens with zero attached hydrogens (tertiary/aromatic N) is 3. The maximum Gasteiger partial charge on any atom is 0.270 e. The number of benzene rings is 1. The number of hydrogen-bond acceptors (Lipinski definition) is 4. The highest BCUT2D eigenvalue weighted by Gasteiger charge is 2.51. The van der Waals surface area contributed by atoms with Crippen molar-refractivity contribution in [2.45, 2.75) is 25.0 Å². The van der Waals surface area contributed by atoms with Gasteiger partial charge in [0.25, 0.3) is 5.91 Å². The second-order valence-electron chi connectivity index (χ2n) is 8.77. The topological polar surface area (TPSA) is 61.5 Å². The number of likely N-dealkylation sites (N-methyl/N-ethyl adjacent to an activating group) is 1. The summed E-state index contributed by atoms with van der Waals surface area (Å²) in [6.07, 6.45) is 4.01. The van der Waals surface area contributed by atoms with Crippen LogP contribution in [0.3, 0.4) is 0 Å². The fraction of sp³-hybridized carbons (Fsp3) is 0.417. The number of carbonyl (C=O) groups is 1. The molecule has 6 heteroatoms. The molecule has 1 atom stereocenters. The maximum atomic E-state index is 13.0. The number of piperidine rings is 1. The first-order valence-electron chi connectivity index (χ1n) is 10.7. The molecule has 1 aromatic carbocycles. The average Bonchev–Trinajstić information content (AvgIpc) is 3.18. The van der Waals surface area contributed by atoms with Crippen molar-refractivity contribution in [2.24, 2.45) is 5.92 Å². The molecule has 6 nitrogen and oxygen atoms in total. The van der Waals surface area contributed by atoms with E-state index in [1.54, 1.807) is 6.20 Å². The van der Waals surface area contributed by atoms with E-state index >= 15 is 0 Å². The zero-order valence-electron chi connectivity index (χ0n) is 17.4. The van der Waals surface area contributed by atoms with Crippen LogP contribution in [-0.4, -0.2) is 64.5 Å². The number of likely N-dealkylation sites (tertiary alicyclic amines) is 2. The highest BCUT2D eigenvalue weighted by atomic mass is 16.5. The van der Waals surface area contributed by atoms with Gasteiger partial charge in [-0.2, -0.15) is 0 Å². The molecule has 2 aliphatic heterocycles. The summed E-state index contributed by atoms with van der Waals surface area (Å²) in [5.74, 6) is 0.619. The molecule has 0 radical (unpaired) electrons. The maximum absolute atomic E-state index is 13.0. The van der Waals surface area contributed by atoms with Crippen molar-refractivity contribution in [3.63, 3.8) is 0 Å². The Morgan fingerprint density at radius 2 is 2.07 bits per heavy atom. The Morgan fingerprint density at radius 3 is 2.87 bits per heavy atom. The van der Waals surface area contributed by atoms with Gasteiger partial charge in [0.1, 0.15) is 5.69 Å². The Bertz CT molecular complexity index is 993. The van der Waals surface area contributed by atoms with Gasteiger partial charge >= 0.3 is 0 Å². The van der Waals surface area contributed by atoms with E-state index in [-0.39, 0.29) is 11.4 Å². The molecule has 1 amide bonds. The molecule has 2 fully saturated rings. The van der Waals surface area contributed by atoms with Crippen molar-refractivity contribution in [3.8, 4) is 0 Å². The monoisotopic (exact) mass is 404 g/mol. The Hall–Kier alpha value is -2.70. The van der Waals surface area contributed by atoms with Gasteiger partial charge in [0, 0.05) is 30.2 Å². The third-order valence-corrected chi connectivity index (χ3v) is 6.70. The van der Waals surface area contributed by atoms with Crippen LogP contribution in [0.15, 0.2) is 54.7 Å². The predicted molar refractivity (Wildman–Crippen MR) is 116 cm³/mol. The van der Waals surface area contributed by atoms with Gasteiger partial charge < -0.3 is 14.6 Å². The number of amides is 1. The number of fused-ring (bicyclic) bond motifs is 1. The number of carbonyl (C=O) groups excluding carboxylic acids is 1. The minimum Gasteiger partial charge on any atom is -0.375 e. The van der Waals surface area contributed by atoms with Gasteiger partial charge in [-0.05, 0) is 56.6 Å². The number of hydrogen-bond donors (Lipinski definition) is 1. The van der Waals surface area contributed by atoms with Crippen molar-refractivity contribution in [1.82, 2.24) is 19.8 Å². The number of nitrogens with one attached hydrogen (secondary N) is 1. The van der Waals surface area contributed by atoms with Crippen LogP contribution in [0.5, 0.6) is 0 Å². The van der Waals surface area contributed by atoms with Crippen molar-refractivity contribution >= 4 is 16.8 Å². The summed E-state index contributed by atoms with van der Waals surface area (Å²) in [5, 5.41) is 1.08. The zero-order valence-corrected chi connectivity index (χ0v) is 17.4. The van der Waals surface area contributed by atoms with E-state index in [4.69, 9.17) is 4.74 Å². The van der Waals surface area contributed by atoms with E-state index < -0.39 is 0 Å². The number of pyridine rings is 1. The Morgan fingerprint density at radius 1 is 1.23 bits per heavy atom. The largest absolute Gasteiger partial charge is 0.375 e. The van der Waals surface area contributed by atoms with Gasteiger partial charge in [0.15, 0.2) is 0 Å². The summed E-state index contributed by atoms with van der Waals surface area (Å²) in [5.41, 5.74) is 2.74. The fourth-order valence-electron chi connectivity index (χ4n) is 4.90. The molecular formula is C24H28N4O2. The van der Waals surface area contributed by atoms with Crippen LogP contribution in [0.4, 0.5) is 0 Å². The molecular weight excluding hydrogens is 376 g/mol. The smallest absolute Gasteiger partial charge is 0.270 e. The number of aromatic nitrogens is 2. The molecule has 0 saturated carbocycles. The second kappa shape index (κ2) is 7.85. The SMILES string of the molecule is CN1CCC(COCc2ccccn2)CC12CN(C(=O)c1cc3ccccc3[nH]1)C2. The van der Waals surface area contributed by atoms with E-state index in [0.29, 0.717) is 18.2 Å². The lowest BCUT2D eigenvalue weighted by atomic mass is 9.75. The third kappa shape index (κ3) is 3.61. The van der Waals surface area contributed by atoms with Crippen molar-refractivity contribution < 1.29 is 9.53 Å². The molecule has 2 saturated heterocycles. The summed E-state index contributed by atoms with van der Waals surface area (Å²) in [6, 6.07) is 15.9. The van der Waals surface area contributed by atoms with Gasteiger partial charge in [-0.25, -0.2) is 0 Å². The highest BCUT2D eigenvalue weighted by Crippen LogP contribution is 2.39. The Kier molecular flexibility index (Phi) is 5.05. The number of H-pyrrole nitrogens is 1. The first-order valence-corrected chi connectivity index (χ1v) is 10.7. The van der Waals surface area contributed by atoms with E-state index in [2.05, 4.69) is 21.9 Å². The molecule has 3 aromatic rings. The molecule has 30 heavy (non-hydrogen) atoms. The van der Waals surface area contributed by atoms with Gasteiger partial charge in [-0.15, -0.1) is 0 Å². The summed E-state index contributed by atoms with van der Waals surface area (Å²) < 4.78 is 5.97. The molecule has 0 bridgehead atoms. The molecule has 156 valence electrons. The summed E-state index contributed by atoms with van der Waals surface area (Å²) >= 11 is 0. The Balaban J connectivity index is 1.18. The lowest BCUT2D eigenvalue weighted by Crippen LogP contribution is -2.72.